The van der Waals surface area contributed by atoms with Gasteiger partial charge in [-0.05, 0) is 57.0 Å². The molecular weight excluding hydrogens is 251 g/mol. The lowest BCUT2D eigenvalue weighted by Gasteiger charge is -2.14. The zero-order valence-electron chi connectivity index (χ0n) is 12.7. The van der Waals surface area contributed by atoms with Gasteiger partial charge in [-0.1, -0.05) is 12.1 Å². The minimum Gasteiger partial charge on any atom is -0.349 e. The normalized spacial score (nSPS) is 12.7. The Morgan fingerprint density at radius 1 is 1.20 bits per heavy atom. The Kier molecular flexibility index (Phi) is 4.61. The standard InChI is InChI=1S/C17H23FN2/c1-5-20-12(2)10-16(14(20)4)11-19-13(3)15-6-8-17(18)9-7-15/h6-10,13,19H,5,11H2,1-4H3/t13-/m1/s1. The first-order valence-corrected chi connectivity index (χ1v) is 7.17. The third-order valence-electron chi connectivity index (χ3n) is 3.96. The maximum absolute atomic E-state index is 12.9. The van der Waals surface area contributed by atoms with E-state index in [0.717, 1.165) is 18.7 Å². The molecule has 0 aliphatic heterocycles. The van der Waals surface area contributed by atoms with Crippen LogP contribution in [0.25, 0.3) is 0 Å². The highest BCUT2D eigenvalue weighted by Gasteiger charge is 2.10. The second kappa shape index (κ2) is 6.23. The van der Waals surface area contributed by atoms with Gasteiger partial charge in [0, 0.05) is 30.5 Å². The maximum Gasteiger partial charge on any atom is 0.123 e. The molecule has 1 aromatic heterocycles. The molecule has 20 heavy (non-hydrogen) atoms. The van der Waals surface area contributed by atoms with Gasteiger partial charge in [-0.25, -0.2) is 4.39 Å². The number of hydrogen-bond acceptors (Lipinski definition) is 1. The van der Waals surface area contributed by atoms with Crippen LogP contribution < -0.4 is 5.32 Å². The number of halogens is 1. The number of aryl methyl sites for hydroxylation is 1. The summed E-state index contributed by atoms with van der Waals surface area (Å²) in [5.74, 6) is -0.188. The summed E-state index contributed by atoms with van der Waals surface area (Å²) in [5.41, 5.74) is 5.06. The summed E-state index contributed by atoms with van der Waals surface area (Å²) in [4.78, 5) is 0. The number of hydrogen-bond donors (Lipinski definition) is 1. The Balaban J connectivity index is 2.03. The minimum atomic E-state index is -0.188. The Morgan fingerprint density at radius 3 is 2.40 bits per heavy atom. The number of rotatable bonds is 5. The molecule has 0 saturated carbocycles. The zero-order chi connectivity index (χ0) is 14.7. The van der Waals surface area contributed by atoms with Crippen molar-refractivity contribution in [3.8, 4) is 0 Å². The molecule has 0 radical (unpaired) electrons. The number of nitrogens with one attached hydrogen (secondary N) is 1. The van der Waals surface area contributed by atoms with E-state index < -0.39 is 0 Å². The summed E-state index contributed by atoms with van der Waals surface area (Å²) < 4.78 is 15.2. The number of aromatic nitrogens is 1. The van der Waals surface area contributed by atoms with Gasteiger partial charge in [0.1, 0.15) is 5.82 Å². The smallest absolute Gasteiger partial charge is 0.123 e. The fourth-order valence-electron chi connectivity index (χ4n) is 2.67. The highest BCUT2D eigenvalue weighted by atomic mass is 19.1. The molecule has 1 atom stereocenters. The van der Waals surface area contributed by atoms with Crippen molar-refractivity contribution >= 4 is 0 Å². The summed E-state index contributed by atoms with van der Waals surface area (Å²) in [6.45, 7) is 10.4. The first kappa shape index (κ1) is 14.8. The van der Waals surface area contributed by atoms with E-state index in [0.29, 0.717) is 0 Å². The van der Waals surface area contributed by atoms with E-state index in [2.05, 4.69) is 43.6 Å². The van der Waals surface area contributed by atoms with Crippen LogP contribution in [0.15, 0.2) is 30.3 Å². The van der Waals surface area contributed by atoms with Gasteiger partial charge in [0.25, 0.3) is 0 Å². The van der Waals surface area contributed by atoms with E-state index in [1.54, 1.807) is 0 Å². The lowest BCUT2D eigenvalue weighted by atomic mass is 10.1. The third kappa shape index (κ3) is 3.10. The van der Waals surface area contributed by atoms with Crippen molar-refractivity contribution in [1.82, 2.24) is 9.88 Å². The Morgan fingerprint density at radius 2 is 1.85 bits per heavy atom. The van der Waals surface area contributed by atoms with Gasteiger partial charge in [-0.15, -0.1) is 0 Å². The molecule has 2 nitrogen and oxygen atoms in total. The molecule has 0 spiro atoms. The van der Waals surface area contributed by atoms with Crippen molar-refractivity contribution in [2.75, 3.05) is 0 Å². The van der Waals surface area contributed by atoms with Gasteiger partial charge in [-0.3, -0.25) is 0 Å². The fourth-order valence-corrected chi connectivity index (χ4v) is 2.67. The van der Waals surface area contributed by atoms with Crippen molar-refractivity contribution < 1.29 is 4.39 Å². The third-order valence-corrected chi connectivity index (χ3v) is 3.96. The van der Waals surface area contributed by atoms with E-state index in [-0.39, 0.29) is 11.9 Å². The SMILES string of the molecule is CCn1c(C)cc(CN[C@H](C)c2ccc(F)cc2)c1C. The van der Waals surface area contributed by atoms with Gasteiger partial charge in [0.15, 0.2) is 0 Å². The molecule has 1 heterocycles. The number of nitrogens with zero attached hydrogens (tertiary/aromatic N) is 1. The molecule has 2 rings (SSSR count). The topological polar surface area (TPSA) is 17.0 Å². The molecule has 0 amide bonds. The largest absolute Gasteiger partial charge is 0.349 e. The zero-order valence-corrected chi connectivity index (χ0v) is 12.7. The van der Waals surface area contributed by atoms with Crippen LogP contribution in [0.4, 0.5) is 4.39 Å². The average Bonchev–Trinajstić information content (AvgIpc) is 2.71. The summed E-state index contributed by atoms with van der Waals surface area (Å²) in [6.07, 6.45) is 0. The fraction of sp³-hybridized carbons (Fsp3) is 0.412. The molecule has 0 bridgehead atoms. The van der Waals surface area contributed by atoms with Gasteiger partial charge in [-0.2, -0.15) is 0 Å². The Labute approximate surface area is 120 Å². The molecule has 0 saturated heterocycles. The van der Waals surface area contributed by atoms with Crippen molar-refractivity contribution in [2.45, 2.75) is 46.8 Å². The molecule has 108 valence electrons. The van der Waals surface area contributed by atoms with Crippen LogP contribution in [0.3, 0.4) is 0 Å². The maximum atomic E-state index is 12.9. The molecule has 1 aromatic carbocycles. The first-order valence-electron chi connectivity index (χ1n) is 7.17. The highest BCUT2D eigenvalue weighted by Crippen LogP contribution is 2.17. The monoisotopic (exact) mass is 274 g/mol. The molecule has 1 N–H and O–H groups in total. The van der Waals surface area contributed by atoms with Crippen LogP contribution in [-0.2, 0) is 13.1 Å². The van der Waals surface area contributed by atoms with Crippen LogP contribution >= 0.6 is 0 Å². The highest BCUT2D eigenvalue weighted by molar-refractivity contribution is 5.27. The van der Waals surface area contributed by atoms with Gasteiger partial charge >= 0.3 is 0 Å². The van der Waals surface area contributed by atoms with Crippen LogP contribution in [0.1, 0.15) is 42.4 Å². The second-order valence-corrected chi connectivity index (χ2v) is 5.29. The second-order valence-electron chi connectivity index (χ2n) is 5.29. The lowest BCUT2D eigenvalue weighted by molar-refractivity contribution is 0.568. The molecule has 3 heteroatoms. The minimum absolute atomic E-state index is 0.188. The van der Waals surface area contributed by atoms with Crippen LogP contribution in [0.5, 0.6) is 0 Å². The molecular formula is C17H23FN2. The Hall–Kier alpha value is -1.61. The summed E-state index contributed by atoms with van der Waals surface area (Å²) in [7, 11) is 0. The molecule has 0 unspecified atom stereocenters. The number of benzene rings is 1. The van der Waals surface area contributed by atoms with Crippen molar-refractivity contribution in [3.63, 3.8) is 0 Å². The molecule has 0 aliphatic rings. The quantitative estimate of drug-likeness (QED) is 0.868. The van der Waals surface area contributed by atoms with Crippen molar-refractivity contribution in [2.24, 2.45) is 0 Å². The van der Waals surface area contributed by atoms with E-state index in [4.69, 9.17) is 0 Å². The summed E-state index contributed by atoms with van der Waals surface area (Å²) >= 11 is 0. The van der Waals surface area contributed by atoms with E-state index in [9.17, 15) is 4.39 Å². The van der Waals surface area contributed by atoms with Crippen molar-refractivity contribution in [3.05, 3.63) is 58.7 Å². The van der Waals surface area contributed by atoms with Gasteiger partial charge in [0.2, 0.25) is 0 Å². The first-order chi connectivity index (χ1) is 9.52. The Bertz CT molecular complexity index is 569. The van der Waals surface area contributed by atoms with Gasteiger partial charge in [0.05, 0.1) is 0 Å². The predicted molar refractivity (Wildman–Crippen MR) is 81.2 cm³/mol. The van der Waals surface area contributed by atoms with E-state index >= 15 is 0 Å². The van der Waals surface area contributed by atoms with Crippen LogP contribution in [-0.4, -0.2) is 4.57 Å². The van der Waals surface area contributed by atoms with E-state index in [1.165, 1.54) is 29.1 Å². The van der Waals surface area contributed by atoms with Crippen LogP contribution in [0.2, 0.25) is 0 Å². The summed E-state index contributed by atoms with van der Waals surface area (Å²) in [6, 6.07) is 9.14. The summed E-state index contributed by atoms with van der Waals surface area (Å²) in [5, 5.41) is 3.50. The molecule has 0 aliphatic carbocycles. The van der Waals surface area contributed by atoms with Gasteiger partial charge < -0.3 is 9.88 Å². The molecule has 2 aromatic rings. The lowest BCUT2D eigenvalue weighted by Crippen LogP contribution is -2.18. The average molecular weight is 274 g/mol. The molecule has 0 fully saturated rings. The predicted octanol–water partition coefficient (Wildman–Crippen LogP) is 4.11. The van der Waals surface area contributed by atoms with Crippen molar-refractivity contribution in [1.29, 1.82) is 0 Å². The van der Waals surface area contributed by atoms with E-state index in [1.807, 2.05) is 12.1 Å². The van der Waals surface area contributed by atoms with Crippen LogP contribution in [0, 0.1) is 19.7 Å².